The Hall–Kier alpha value is -2.69. The molecule has 4 aromatic rings. The summed E-state index contributed by atoms with van der Waals surface area (Å²) in [6.07, 6.45) is 5.19. The number of hydrogen-bond acceptors (Lipinski definition) is 9. The van der Waals surface area contributed by atoms with Crippen LogP contribution in [-0.2, 0) is 5.75 Å². The Morgan fingerprint density at radius 2 is 2.07 bits per heavy atom. The van der Waals surface area contributed by atoms with E-state index in [1.165, 1.54) is 11.3 Å². The third-order valence-electron chi connectivity index (χ3n) is 4.56. The molecule has 8 nitrogen and oxygen atoms in total. The maximum atomic E-state index is 12.4. The van der Waals surface area contributed by atoms with Crippen molar-refractivity contribution < 1.29 is 9.53 Å². The number of aromatic nitrogens is 4. The van der Waals surface area contributed by atoms with Gasteiger partial charge in [0.15, 0.2) is 0 Å². The van der Waals surface area contributed by atoms with Crippen LogP contribution in [0, 0.1) is 0 Å². The van der Waals surface area contributed by atoms with Crippen molar-refractivity contribution in [2.24, 2.45) is 0 Å². The third-order valence-corrected chi connectivity index (χ3v) is 6.49. The molecule has 11 heteroatoms. The summed E-state index contributed by atoms with van der Waals surface area (Å²) < 4.78 is 6.87. The first kappa shape index (κ1) is 19.3. The topological polar surface area (TPSA) is 102 Å². The normalized spacial score (nSPS) is 13.6. The summed E-state index contributed by atoms with van der Waals surface area (Å²) in [4.78, 5) is 30.4. The molecule has 0 saturated heterocycles. The van der Waals surface area contributed by atoms with Gasteiger partial charge in [-0.25, -0.2) is 15.0 Å². The lowest BCUT2D eigenvalue weighted by molar-refractivity contribution is 0.0962. The van der Waals surface area contributed by atoms with Crippen LogP contribution in [0.2, 0.25) is 5.28 Å². The van der Waals surface area contributed by atoms with E-state index in [0.717, 1.165) is 21.3 Å². The van der Waals surface area contributed by atoms with Crippen molar-refractivity contribution in [1.82, 2.24) is 25.3 Å². The zero-order chi connectivity index (χ0) is 20.7. The summed E-state index contributed by atoms with van der Waals surface area (Å²) in [5.41, 5.74) is 3.01. The highest BCUT2D eigenvalue weighted by molar-refractivity contribution is 7.97. The SMILES string of the molecule is CSCc1cnc(Cl)nc1Oc1cnc2c(ccc3sc4c(c32)NCCNC4=O)n1. The number of amides is 1. The number of anilines is 1. The fraction of sp³-hybridized carbons (Fsp3) is 0.211. The van der Waals surface area contributed by atoms with Gasteiger partial charge in [0.05, 0.1) is 22.9 Å². The average Bonchev–Trinajstić information content (AvgIpc) is 3.02. The number of fused-ring (bicyclic) bond motifs is 5. The van der Waals surface area contributed by atoms with E-state index in [9.17, 15) is 4.79 Å². The Morgan fingerprint density at radius 1 is 1.20 bits per heavy atom. The van der Waals surface area contributed by atoms with Gasteiger partial charge in [0.1, 0.15) is 4.88 Å². The van der Waals surface area contributed by atoms with Crippen LogP contribution in [0.25, 0.3) is 21.1 Å². The highest BCUT2D eigenvalue weighted by Crippen LogP contribution is 2.40. The van der Waals surface area contributed by atoms with E-state index >= 15 is 0 Å². The van der Waals surface area contributed by atoms with E-state index in [0.29, 0.717) is 46.5 Å². The van der Waals surface area contributed by atoms with Gasteiger partial charge in [0.25, 0.3) is 5.91 Å². The monoisotopic (exact) mass is 458 g/mol. The number of ether oxygens (including phenoxy) is 1. The van der Waals surface area contributed by atoms with Crippen molar-refractivity contribution >= 4 is 67.4 Å². The van der Waals surface area contributed by atoms with Crippen LogP contribution < -0.4 is 15.4 Å². The van der Waals surface area contributed by atoms with Crippen molar-refractivity contribution in [1.29, 1.82) is 0 Å². The second kappa shape index (κ2) is 7.86. The van der Waals surface area contributed by atoms with Gasteiger partial charge in [-0.15, -0.1) is 11.3 Å². The number of rotatable bonds is 4. The zero-order valence-corrected chi connectivity index (χ0v) is 18.1. The molecule has 0 fully saturated rings. The van der Waals surface area contributed by atoms with Crippen LogP contribution in [0.3, 0.4) is 0 Å². The number of benzene rings is 1. The molecule has 152 valence electrons. The van der Waals surface area contributed by atoms with Gasteiger partial charge in [-0.1, -0.05) is 0 Å². The van der Waals surface area contributed by atoms with Gasteiger partial charge in [-0.2, -0.15) is 16.7 Å². The number of carbonyl (C=O) groups excluding carboxylic acids is 1. The minimum absolute atomic E-state index is 0.0702. The lowest BCUT2D eigenvalue weighted by Crippen LogP contribution is -2.24. The molecule has 0 spiro atoms. The van der Waals surface area contributed by atoms with Gasteiger partial charge < -0.3 is 15.4 Å². The first-order chi connectivity index (χ1) is 14.6. The van der Waals surface area contributed by atoms with E-state index in [1.54, 1.807) is 24.2 Å². The van der Waals surface area contributed by atoms with Gasteiger partial charge >= 0.3 is 0 Å². The molecule has 3 aromatic heterocycles. The van der Waals surface area contributed by atoms with E-state index < -0.39 is 0 Å². The largest absolute Gasteiger partial charge is 0.419 e. The number of hydrogen-bond donors (Lipinski definition) is 2. The first-order valence-corrected chi connectivity index (χ1v) is 11.7. The van der Waals surface area contributed by atoms with Crippen LogP contribution in [0.1, 0.15) is 15.2 Å². The standard InChI is InChI=1S/C19H15ClN6O2S2/c1-29-8-9-6-24-19(20)26-18(9)28-12-7-23-14-10(25-12)2-3-11-13(14)15-16(30-11)17(27)22-5-4-21-15/h2-3,6-7,21H,4-5,8H2,1H3,(H,22,27). The van der Waals surface area contributed by atoms with Crippen molar-refractivity contribution in [2.45, 2.75) is 5.75 Å². The fourth-order valence-electron chi connectivity index (χ4n) is 3.29. The first-order valence-electron chi connectivity index (χ1n) is 9.06. The number of nitrogens with one attached hydrogen (secondary N) is 2. The molecule has 0 unspecified atom stereocenters. The van der Waals surface area contributed by atoms with Crippen molar-refractivity contribution in [3.63, 3.8) is 0 Å². The summed E-state index contributed by atoms with van der Waals surface area (Å²) in [6.45, 7) is 1.23. The Bertz CT molecular complexity index is 1300. The second-order valence-corrected chi connectivity index (χ2v) is 8.76. The molecule has 0 atom stereocenters. The van der Waals surface area contributed by atoms with Crippen LogP contribution >= 0.6 is 34.7 Å². The van der Waals surface area contributed by atoms with Gasteiger partial charge in [0.2, 0.25) is 17.0 Å². The van der Waals surface area contributed by atoms with Crippen molar-refractivity contribution in [3.8, 4) is 11.8 Å². The second-order valence-electron chi connectivity index (χ2n) is 6.51. The molecule has 0 aliphatic carbocycles. The Morgan fingerprint density at radius 3 is 2.93 bits per heavy atom. The molecule has 0 bridgehead atoms. The minimum Gasteiger partial charge on any atom is -0.419 e. The van der Waals surface area contributed by atoms with E-state index in [2.05, 4.69) is 30.6 Å². The number of nitrogens with zero attached hydrogens (tertiary/aromatic N) is 4. The lowest BCUT2D eigenvalue weighted by atomic mass is 10.1. The zero-order valence-electron chi connectivity index (χ0n) is 15.7. The number of halogens is 1. The molecule has 2 N–H and O–H groups in total. The van der Waals surface area contributed by atoms with E-state index in [-0.39, 0.29) is 11.2 Å². The molecule has 1 aromatic carbocycles. The molecule has 1 aliphatic heterocycles. The highest BCUT2D eigenvalue weighted by Gasteiger charge is 2.23. The van der Waals surface area contributed by atoms with Crippen molar-refractivity contribution in [3.05, 3.63) is 40.3 Å². The highest BCUT2D eigenvalue weighted by atomic mass is 35.5. The predicted octanol–water partition coefficient (Wildman–Crippen LogP) is 4.10. The fourth-order valence-corrected chi connectivity index (χ4v) is 5.02. The molecule has 1 aliphatic rings. The molecular weight excluding hydrogens is 444 g/mol. The number of carbonyl (C=O) groups is 1. The summed E-state index contributed by atoms with van der Waals surface area (Å²) in [6, 6.07) is 3.83. The maximum Gasteiger partial charge on any atom is 0.263 e. The predicted molar refractivity (Wildman–Crippen MR) is 120 cm³/mol. The Balaban J connectivity index is 1.59. The Labute approximate surface area is 184 Å². The Kier molecular flexibility index (Phi) is 5.05. The van der Waals surface area contributed by atoms with Gasteiger partial charge in [-0.05, 0) is 30.0 Å². The van der Waals surface area contributed by atoms with Crippen LogP contribution in [-0.4, -0.2) is 45.2 Å². The summed E-state index contributed by atoms with van der Waals surface area (Å²) in [5.74, 6) is 1.29. The maximum absolute atomic E-state index is 12.4. The van der Waals surface area contributed by atoms with Gasteiger partial charge in [0, 0.05) is 40.7 Å². The summed E-state index contributed by atoms with van der Waals surface area (Å²) in [5, 5.41) is 7.25. The summed E-state index contributed by atoms with van der Waals surface area (Å²) >= 11 is 9.01. The van der Waals surface area contributed by atoms with Crippen molar-refractivity contribution in [2.75, 3.05) is 24.7 Å². The number of thioether (sulfide) groups is 1. The van der Waals surface area contributed by atoms with Gasteiger partial charge in [-0.3, -0.25) is 4.79 Å². The third kappa shape index (κ3) is 3.40. The quantitative estimate of drug-likeness (QED) is 0.441. The molecule has 4 heterocycles. The van der Waals surface area contributed by atoms with Crippen LogP contribution in [0.5, 0.6) is 11.8 Å². The molecular formula is C19H15ClN6O2S2. The number of thiophene rings is 1. The minimum atomic E-state index is -0.0702. The smallest absolute Gasteiger partial charge is 0.263 e. The molecule has 5 rings (SSSR count). The molecule has 1 amide bonds. The molecule has 0 saturated carbocycles. The molecule has 30 heavy (non-hydrogen) atoms. The van der Waals surface area contributed by atoms with Crippen LogP contribution in [0.4, 0.5) is 5.69 Å². The average molecular weight is 459 g/mol. The van der Waals surface area contributed by atoms with E-state index in [1.807, 2.05) is 18.4 Å². The summed E-state index contributed by atoms with van der Waals surface area (Å²) in [7, 11) is 0. The lowest BCUT2D eigenvalue weighted by Gasteiger charge is -2.09. The van der Waals surface area contributed by atoms with E-state index in [4.69, 9.17) is 16.3 Å². The van der Waals surface area contributed by atoms with Crippen LogP contribution in [0.15, 0.2) is 24.5 Å². The molecule has 0 radical (unpaired) electrons.